The Hall–Kier alpha value is -3.85. The van der Waals surface area contributed by atoms with Gasteiger partial charge in [-0.15, -0.1) is 11.3 Å². The molecule has 0 atom stereocenters. The summed E-state index contributed by atoms with van der Waals surface area (Å²) in [7, 11) is 3.33. The van der Waals surface area contributed by atoms with Crippen LogP contribution in [0.2, 0.25) is 0 Å². The molecular weight excluding hydrogens is 454 g/mol. The van der Waals surface area contributed by atoms with E-state index in [1.807, 2.05) is 31.2 Å². The summed E-state index contributed by atoms with van der Waals surface area (Å²) in [5.74, 6) is 1.60. The number of nitrogens with one attached hydrogen (secondary N) is 1. The second-order valence-electron chi connectivity index (χ2n) is 7.31. The number of hydrogen-bond donors (Lipinski definition) is 2. The highest BCUT2D eigenvalue weighted by Crippen LogP contribution is 2.36. The highest BCUT2D eigenvalue weighted by Gasteiger charge is 2.18. The van der Waals surface area contributed by atoms with Gasteiger partial charge in [0, 0.05) is 29.6 Å². The lowest BCUT2D eigenvalue weighted by atomic mass is 10.00. The summed E-state index contributed by atoms with van der Waals surface area (Å²) >= 11 is 1.13. The lowest BCUT2D eigenvalue weighted by Crippen LogP contribution is -2.08. The molecule has 0 aliphatic rings. The molecule has 2 aromatic carbocycles. The third-order valence-corrected chi connectivity index (χ3v) is 6.45. The predicted molar refractivity (Wildman–Crippen MR) is 133 cm³/mol. The standard InChI is InChI=1S/C25H25N3O5S/c1-4-33-21-13-22(34-24(21)25(29)30)18-12-23(28-14-27-18)26-11-10-17-15-6-5-7-19(31-2)16(15)8-9-20(17)32-3/h5-9,12-14H,4,10-11H2,1-3H3,(H,29,30)(H,26,27,28). The van der Waals surface area contributed by atoms with E-state index in [0.717, 1.165) is 39.2 Å². The molecule has 2 heterocycles. The molecule has 0 amide bonds. The largest absolute Gasteiger partial charge is 0.496 e. The molecule has 2 N–H and O–H groups in total. The number of carbonyl (C=O) groups is 1. The highest BCUT2D eigenvalue weighted by atomic mass is 32.1. The van der Waals surface area contributed by atoms with Crippen LogP contribution in [0.4, 0.5) is 5.82 Å². The highest BCUT2D eigenvalue weighted by molar-refractivity contribution is 7.17. The van der Waals surface area contributed by atoms with Gasteiger partial charge in [-0.3, -0.25) is 0 Å². The summed E-state index contributed by atoms with van der Waals surface area (Å²) in [5.41, 5.74) is 1.70. The Morgan fingerprint density at radius 2 is 1.85 bits per heavy atom. The van der Waals surface area contributed by atoms with Crippen LogP contribution in [0.25, 0.3) is 21.3 Å². The molecule has 0 aliphatic carbocycles. The number of carboxylic acids is 1. The van der Waals surface area contributed by atoms with Crippen molar-refractivity contribution < 1.29 is 24.1 Å². The lowest BCUT2D eigenvalue weighted by molar-refractivity contribution is 0.0698. The van der Waals surface area contributed by atoms with Crippen LogP contribution in [0.1, 0.15) is 22.2 Å². The van der Waals surface area contributed by atoms with Crippen LogP contribution in [-0.2, 0) is 6.42 Å². The first-order valence-corrected chi connectivity index (χ1v) is 11.6. The molecule has 0 bridgehead atoms. The van der Waals surface area contributed by atoms with Crippen molar-refractivity contribution in [3.8, 4) is 27.8 Å². The van der Waals surface area contributed by atoms with Gasteiger partial charge in [-0.1, -0.05) is 12.1 Å². The van der Waals surface area contributed by atoms with Gasteiger partial charge in [0.25, 0.3) is 0 Å². The third kappa shape index (κ3) is 4.74. The van der Waals surface area contributed by atoms with Crippen LogP contribution < -0.4 is 19.5 Å². The summed E-state index contributed by atoms with van der Waals surface area (Å²) < 4.78 is 16.6. The molecule has 0 spiro atoms. The number of anilines is 1. The lowest BCUT2D eigenvalue weighted by Gasteiger charge is -2.14. The minimum absolute atomic E-state index is 0.156. The van der Waals surface area contributed by atoms with Gasteiger partial charge in [0.1, 0.15) is 29.4 Å². The van der Waals surface area contributed by atoms with Gasteiger partial charge in [0.2, 0.25) is 0 Å². The van der Waals surface area contributed by atoms with Crippen molar-refractivity contribution in [1.29, 1.82) is 0 Å². The maximum absolute atomic E-state index is 11.5. The summed E-state index contributed by atoms with van der Waals surface area (Å²) in [6.07, 6.45) is 2.16. The number of hydrogen-bond acceptors (Lipinski definition) is 8. The zero-order valence-corrected chi connectivity index (χ0v) is 19.9. The van der Waals surface area contributed by atoms with Crippen LogP contribution in [-0.4, -0.2) is 48.4 Å². The number of rotatable bonds is 10. The molecule has 9 heteroatoms. The molecule has 4 aromatic rings. The number of ether oxygens (including phenoxy) is 3. The molecule has 0 saturated heterocycles. The van der Waals surface area contributed by atoms with E-state index >= 15 is 0 Å². The number of methoxy groups -OCH3 is 2. The topological polar surface area (TPSA) is 103 Å². The average molecular weight is 480 g/mol. The van der Waals surface area contributed by atoms with Gasteiger partial charge in [-0.05, 0) is 36.9 Å². The number of aromatic carboxylic acids is 1. The van der Waals surface area contributed by atoms with Crippen molar-refractivity contribution in [3.63, 3.8) is 0 Å². The summed E-state index contributed by atoms with van der Waals surface area (Å²) in [6, 6.07) is 13.4. The second-order valence-corrected chi connectivity index (χ2v) is 8.36. The van der Waals surface area contributed by atoms with E-state index in [0.29, 0.717) is 41.7 Å². The van der Waals surface area contributed by atoms with Gasteiger partial charge < -0.3 is 24.6 Å². The van der Waals surface area contributed by atoms with Crippen molar-refractivity contribution in [2.45, 2.75) is 13.3 Å². The summed E-state index contributed by atoms with van der Waals surface area (Å²) in [5, 5.41) is 14.9. The molecule has 4 rings (SSSR count). The fourth-order valence-electron chi connectivity index (χ4n) is 3.82. The molecular formula is C25H25N3O5S. The molecule has 34 heavy (non-hydrogen) atoms. The molecule has 0 fully saturated rings. The van der Waals surface area contributed by atoms with Crippen molar-refractivity contribution in [2.75, 3.05) is 32.7 Å². The fraction of sp³-hybridized carbons (Fsp3) is 0.240. The summed E-state index contributed by atoms with van der Waals surface area (Å²) in [6.45, 7) is 2.81. The van der Waals surface area contributed by atoms with Gasteiger partial charge in [0.15, 0.2) is 4.88 Å². The van der Waals surface area contributed by atoms with Gasteiger partial charge in [-0.25, -0.2) is 14.8 Å². The summed E-state index contributed by atoms with van der Waals surface area (Å²) in [4.78, 5) is 21.0. The average Bonchev–Trinajstić information content (AvgIpc) is 3.28. The minimum Gasteiger partial charge on any atom is -0.496 e. The van der Waals surface area contributed by atoms with Crippen LogP contribution in [0.5, 0.6) is 17.2 Å². The van der Waals surface area contributed by atoms with Crippen molar-refractivity contribution in [3.05, 3.63) is 59.2 Å². The number of fused-ring (bicyclic) bond motifs is 1. The zero-order chi connectivity index (χ0) is 24.1. The van der Waals surface area contributed by atoms with Gasteiger partial charge in [0.05, 0.1) is 31.4 Å². The molecule has 2 aromatic heterocycles. The minimum atomic E-state index is -1.02. The number of carboxylic acid groups (broad SMARTS) is 1. The van der Waals surface area contributed by atoms with Gasteiger partial charge in [-0.2, -0.15) is 0 Å². The molecule has 0 unspecified atom stereocenters. The van der Waals surface area contributed by atoms with E-state index in [1.54, 1.807) is 26.4 Å². The molecule has 8 nitrogen and oxygen atoms in total. The quantitative estimate of drug-likeness (QED) is 0.323. The Morgan fingerprint density at radius 1 is 1.03 bits per heavy atom. The molecule has 176 valence electrons. The van der Waals surface area contributed by atoms with E-state index < -0.39 is 5.97 Å². The first kappa shape index (κ1) is 23.3. The Balaban J connectivity index is 1.54. The van der Waals surface area contributed by atoms with E-state index in [4.69, 9.17) is 14.2 Å². The fourth-order valence-corrected chi connectivity index (χ4v) is 4.72. The van der Waals surface area contributed by atoms with Crippen LogP contribution >= 0.6 is 11.3 Å². The van der Waals surface area contributed by atoms with Crippen molar-refractivity contribution in [2.24, 2.45) is 0 Å². The van der Waals surface area contributed by atoms with Crippen LogP contribution in [0, 0.1) is 0 Å². The first-order chi connectivity index (χ1) is 16.5. The SMILES string of the molecule is CCOc1cc(-c2cc(NCCc3c(OC)ccc4c(OC)cccc34)ncn2)sc1C(=O)O. The number of benzene rings is 2. The normalized spacial score (nSPS) is 10.8. The van der Waals surface area contributed by atoms with E-state index in [9.17, 15) is 9.90 Å². The Labute approximate surface area is 201 Å². The zero-order valence-electron chi connectivity index (χ0n) is 19.1. The first-order valence-electron chi connectivity index (χ1n) is 10.7. The third-order valence-electron chi connectivity index (χ3n) is 5.32. The van der Waals surface area contributed by atoms with Crippen LogP contribution in [0.15, 0.2) is 48.8 Å². The Kier molecular flexibility index (Phi) is 7.12. The van der Waals surface area contributed by atoms with E-state index in [-0.39, 0.29) is 4.88 Å². The maximum atomic E-state index is 11.5. The molecule has 0 aliphatic heterocycles. The Bertz CT molecular complexity index is 1320. The number of aromatic nitrogens is 2. The van der Waals surface area contributed by atoms with E-state index in [2.05, 4.69) is 21.4 Å². The Morgan fingerprint density at radius 3 is 2.59 bits per heavy atom. The monoisotopic (exact) mass is 479 g/mol. The predicted octanol–water partition coefficient (Wildman–Crippen LogP) is 5.13. The maximum Gasteiger partial charge on any atom is 0.349 e. The molecule has 0 radical (unpaired) electrons. The second kappa shape index (κ2) is 10.4. The van der Waals surface area contributed by atoms with Crippen molar-refractivity contribution in [1.82, 2.24) is 9.97 Å². The smallest absolute Gasteiger partial charge is 0.349 e. The molecule has 0 saturated carbocycles. The van der Waals surface area contributed by atoms with Crippen LogP contribution in [0.3, 0.4) is 0 Å². The van der Waals surface area contributed by atoms with E-state index in [1.165, 1.54) is 6.33 Å². The van der Waals surface area contributed by atoms with Crippen molar-refractivity contribution >= 4 is 33.9 Å². The number of nitrogens with zero attached hydrogens (tertiary/aromatic N) is 2. The number of thiophene rings is 1. The van der Waals surface area contributed by atoms with Gasteiger partial charge >= 0.3 is 5.97 Å².